The van der Waals surface area contributed by atoms with Gasteiger partial charge in [0.05, 0.1) is 16.5 Å². The lowest BCUT2D eigenvalue weighted by molar-refractivity contribution is -0.137. The average molecular weight is 432 g/mol. The summed E-state index contributed by atoms with van der Waals surface area (Å²) in [5.41, 5.74) is 1.39. The second kappa shape index (κ2) is 7.79. The molecule has 0 saturated carbocycles. The van der Waals surface area contributed by atoms with E-state index in [9.17, 15) is 18.0 Å². The van der Waals surface area contributed by atoms with Gasteiger partial charge in [-0.15, -0.1) is 10.2 Å². The fraction of sp³-hybridized carbons (Fsp3) is 0.286. The summed E-state index contributed by atoms with van der Waals surface area (Å²) in [4.78, 5) is 13.0. The van der Waals surface area contributed by atoms with Crippen LogP contribution in [0, 0.1) is 6.92 Å². The standard InChI is InChI=1S/C21H19F3N4OS/c1-3-9-27-18(29)16-10-13(2)7-8-17(16)28-19(27)25-26-20(28)30-12-14-5-4-6-15(11-14)21(22,23)24/h4-8,10-11H,3,9,12H2,1-2H3. The van der Waals surface area contributed by atoms with Crippen molar-refractivity contribution in [2.45, 2.75) is 43.9 Å². The zero-order chi connectivity index (χ0) is 21.5. The summed E-state index contributed by atoms with van der Waals surface area (Å²) in [7, 11) is 0. The maximum atomic E-state index is 13.0. The zero-order valence-electron chi connectivity index (χ0n) is 16.4. The Morgan fingerprint density at radius 3 is 2.63 bits per heavy atom. The normalized spacial score (nSPS) is 12.2. The van der Waals surface area contributed by atoms with Crippen LogP contribution in [0.2, 0.25) is 0 Å². The predicted molar refractivity (Wildman–Crippen MR) is 111 cm³/mol. The lowest BCUT2D eigenvalue weighted by Crippen LogP contribution is -2.23. The molecule has 5 nitrogen and oxygen atoms in total. The topological polar surface area (TPSA) is 52.2 Å². The van der Waals surface area contributed by atoms with Gasteiger partial charge in [0.15, 0.2) is 5.16 Å². The summed E-state index contributed by atoms with van der Waals surface area (Å²) in [6.45, 7) is 4.40. The molecule has 30 heavy (non-hydrogen) atoms. The fourth-order valence-corrected chi connectivity index (χ4v) is 4.29. The minimum absolute atomic E-state index is 0.120. The van der Waals surface area contributed by atoms with Crippen LogP contribution in [0.25, 0.3) is 16.7 Å². The average Bonchev–Trinajstić information content (AvgIpc) is 3.13. The Morgan fingerprint density at radius 2 is 1.90 bits per heavy atom. The molecule has 0 unspecified atom stereocenters. The van der Waals surface area contributed by atoms with E-state index in [1.165, 1.54) is 17.8 Å². The Balaban J connectivity index is 1.79. The number of hydrogen-bond acceptors (Lipinski definition) is 4. The molecule has 0 fully saturated rings. The van der Waals surface area contributed by atoms with Crippen LogP contribution in [0.3, 0.4) is 0 Å². The van der Waals surface area contributed by atoms with Crippen LogP contribution < -0.4 is 5.56 Å². The second-order valence-corrected chi connectivity index (χ2v) is 8.02. The molecule has 2 heterocycles. The fourth-order valence-electron chi connectivity index (χ4n) is 3.40. The van der Waals surface area contributed by atoms with Crippen LogP contribution in [0.4, 0.5) is 13.2 Å². The third-order valence-corrected chi connectivity index (χ3v) is 5.80. The van der Waals surface area contributed by atoms with Gasteiger partial charge in [0.25, 0.3) is 5.56 Å². The largest absolute Gasteiger partial charge is 0.416 e. The SMILES string of the molecule is CCCn1c(=O)c2cc(C)ccc2n2c(SCc3cccc(C(F)(F)F)c3)nnc12. The minimum atomic E-state index is -4.38. The first kappa shape index (κ1) is 20.5. The van der Waals surface area contributed by atoms with Crippen molar-refractivity contribution in [3.05, 3.63) is 69.5 Å². The van der Waals surface area contributed by atoms with E-state index in [2.05, 4.69) is 10.2 Å². The van der Waals surface area contributed by atoms with Gasteiger partial charge in [0.2, 0.25) is 5.78 Å². The number of nitrogens with zero attached hydrogens (tertiary/aromatic N) is 4. The van der Waals surface area contributed by atoms with Crippen molar-refractivity contribution >= 4 is 28.4 Å². The lowest BCUT2D eigenvalue weighted by atomic mass is 10.1. The molecule has 0 N–H and O–H groups in total. The van der Waals surface area contributed by atoms with Crippen LogP contribution in [0.15, 0.2) is 52.4 Å². The number of alkyl halides is 3. The highest BCUT2D eigenvalue weighted by Crippen LogP contribution is 2.31. The zero-order valence-corrected chi connectivity index (χ0v) is 17.2. The first-order valence-corrected chi connectivity index (χ1v) is 10.5. The van der Waals surface area contributed by atoms with Crippen molar-refractivity contribution in [3.8, 4) is 0 Å². The molecule has 156 valence electrons. The lowest BCUT2D eigenvalue weighted by Gasteiger charge is -2.11. The molecular weight excluding hydrogens is 413 g/mol. The molecule has 0 spiro atoms. The minimum Gasteiger partial charge on any atom is -0.276 e. The predicted octanol–water partition coefficient (Wildman–Crippen LogP) is 5.07. The number of fused-ring (bicyclic) bond motifs is 3. The number of halogens is 3. The van der Waals surface area contributed by atoms with E-state index in [1.54, 1.807) is 10.6 Å². The smallest absolute Gasteiger partial charge is 0.276 e. The number of aromatic nitrogens is 4. The molecular formula is C21H19F3N4OS. The molecule has 2 aromatic carbocycles. The Morgan fingerprint density at radius 1 is 1.10 bits per heavy atom. The summed E-state index contributed by atoms with van der Waals surface area (Å²) in [5, 5.41) is 9.54. The van der Waals surface area contributed by atoms with Crippen LogP contribution in [0.1, 0.15) is 30.0 Å². The van der Waals surface area contributed by atoms with E-state index in [0.29, 0.717) is 39.7 Å². The molecule has 0 aliphatic heterocycles. The maximum Gasteiger partial charge on any atom is 0.416 e. The van der Waals surface area contributed by atoms with Crippen LogP contribution in [-0.4, -0.2) is 19.2 Å². The molecule has 0 aliphatic rings. The molecule has 0 bridgehead atoms. The first-order valence-electron chi connectivity index (χ1n) is 9.47. The molecule has 0 saturated heterocycles. The highest BCUT2D eigenvalue weighted by molar-refractivity contribution is 7.98. The van der Waals surface area contributed by atoms with Crippen LogP contribution in [-0.2, 0) is 18.5 Å². The Hall–Kier alpha value is -2.81. The molecule has 0 amide bonds. The first-order chi connectivity index (χ1) is 14.3. The third-order valence-electron chi connectivity index (χ3n) is 4.80. The van der Waals surface area contributed by atoms with E-state index >= 15 is 0 Å². The Bertz CT molecular complexity index is 1290. The van der Waals surface area contributed by atoms with Crippen LogP contribution >= 0.6 is 11.8 Å². The van der Waals surface area contributed by atoms with E-state index in [1.807, 2.05) is 36.4 Å². The van der Waals surface area contributed by atoms with Crippen molar-refractivity contribution in [2.24, 2.45) is 0 Å². The Kier molecular flexibility index (Phi) is 5.31. The summed E-state index contributed by atoms with van der Waals surface area (Å²) in [5.74, 6) is 0.732. The van der Waals surface area contributed by atoms with Gasteiger partial charge in [-0.1, -0.05) is 48.5 Å². The molecule has 4 aromatic rings. The highest BCUT2D eigenvalue weighted by Gasteiger charge is 2.30. The molecule has 9 heteroatoms. The van der Waals surface area contributed by atoms with Gasteiger partial charge in [-0.05, 0) is 37.1 Å². The van der Waals surface area contributed by atoms with E-state index < -0.39 is 11.7 Å². The van der Waals surface area contributed by atoms with Gasteiger partial charge in [-0.3, -0.25) is 13.8 Å². The van der Waals surface area contributed by atoms with Crippen molar-refractivity contribution in [3.63, 3.8) is 0 Å². The van der Waals surface area contributed by atoms with Crippen molar-refractivity contribution in [2.75, 3.05) is 0 Å². The maximum absolute atomic E-state index is 13.0. The van der Waals surface area contributed by atoms with Crippen molar-refractivity contribution < 1.29 is 13.2 Å². The van der Waals surface area contributed by atoms with Crippen molar-refractivity contribution in [1.82, 2.24) is 19.2 Å². The Labute approximate surface area is 174 Å². The summed E-state index contributed by atoms with van der Waals surface area (Å²) >= 11 is 1.29. The highest BCUT2D eigenvalue weighted by atomic mass is 32.2. The number of aryl methyl sites for hydroxylation is 2. The number of benzene rings is 2. The van der Waals surface area contributed by atoms with Gasteiger partial charge in [0, 0.05) is 12.3 Å². The van der Waals surface area contributed by atoms with E-state index in [0.717, 1.165) is 24.1 Å². The molecule has 2 aromatic heterocycles. The quantitative estimate of drug-likeness (QED) is 0.413. The van der Waals surface area contributed by atoms with Gasteiger partial charge in [-0.25, -0.2) is 0 Å². The van der Waals surface area contributed by atoms with Gasteiger partial charge in [-0.2, -0.15) is 13.2 Å². The number of rotatable bonds is 5. The monoisotopic (exact) mass is 432 g/mol. The van der Waals surface area contributed by atoms with Crippen LogP contribution in [0.5, 0.6) is 0 Å². The summed E-state index contributed by atoms with van der Waals surface area (Å²) in [6.07, 6.45) is -3.63. The van der Waals surface area contributed by atoms with Crippen molar-refractivity contribution in [1.29, 1.82) is 0 Å². The molecule has 4 rings (SSSR count). The van der Waals surface area contributed by atoms with E-state index in [4.69, 9.17) is 0 Å². The van der Waals surface area contributed by atoms with E-state index in [-0.39, 0.29) is 5.56 Å². The molecule has 0 atom stereocenters. The number of hydrogen-bond donors (Lipinski definition) is 0. The van der Waals surface area contributed by atoms with Gasteiger partial charge >= 0.3 is 6.18 Å². The summed E-state index contributed by atoms with van der Waals surface area (Å²) < 4.78 is 42.4. The van der Waals surface area contributed by atoms with Gasteiger partial charge in [0.1, 0.15) is 0 Å². The molecule has 0 radical (unpaired) electrons. The second-order valence-electron chi connectivity index (χ2n) is 7.08. The third kappa shape index (κ3) is 3.69. The van der Waals surface area contributed by atoms with Gasteiger partial charge < -0.3 is 0 Å². The molecule has 0 aliphatic carbocycles. The summed E-state index contributed by atoms with van der Waals surface area (Å²) in [6, 6.07) is 10.9. The number of thioether (sulfide) groups is 1.